The fourth-order valence-corrected chi connectivity index (χ4v) is 9.72. The molecular weight excluding hydrogens is 494 g/mol. The van der Waals surface area contributed by atoms with E-state index in [1.54, 1.807) is 6.92 Å². The molecule has 4 fully saturated rings. The van der Waals surface area contributed by atoms with Gasteiger partial charge in [-0.05, 0) is 105 Å². The summed E-state index contributed by atoms with van der Waals surface area (Å²) in [6, 6.07) is -1.10. The first-order chi connectivity index (χ1) is 18.3. The van der Waals surface area contributed by atoms with Crippen LogP contribution in [0.5, 0.6) is 0 Å². The topological polar surface area (TPSA) is 124 Å². The Morgan fingerprint density at radius 1 is 0.949 bits per heavy atom. The van der Waals surface area contributed by atoms with E-state index in [4.69, 9.17) is 15.6 Å². The van der Waals surface area contributed by atoms with E-state index in [9.17, 15) is 19.2 Å². The summed E-state index contributed by atoms with van der Waals surface area (Å²) in [4.78, 5) is 49.4. The van der Waals surface area contributed by atoms with Crippen LogP contribution in [0.4, 0.5) is 0 Å². The number of Topliss-reactive ketones (excluding diaryl/α,β-unsaturated/α-hetero) is 2. The smallest absolute Gasteiger partial charge is 0.309 e. The fourth-order valence-electron chi connectivity index (χ4n) is 9.72. The molecule has 220 valence electrons. The van der Waals surface area contributed by atoms with Gasteiger partial charge in [0.25, 0.3) is 0 Å². The normalized spacial score (nSPS) is 39.8. The molecule has 4 aliphatic carbocycles. The van der Waals surface area contributed by atoms with Crippen LogP contribution in [-0.4, -0.2) is 40.8 Å². The number of rotatable bonds is 10. The van der Waals surface area contributed by atoms with Gasteiger partial charge in [0.2, 0.25) is 0 Å². The zero-order valence-electron chi connectivity index (χ0n) is 24.7. The molecule has 4 aliphatic rings. The van der Waals surface area contributed by atoms with E-state index in [1.165, 1.54) is 19.3 Å². The number of fused-ring (bicyclic) bond motifs is 5. The minimum absolute atomic E-state index is 0.0513. The molecule has 39 heavy (non-hydrogen) atoms. The Morgan fingerprint density at radius 2 is 1.62 bits per heavy atom. The van der Waals surface area contributed by atoms with E-state index in [-0.39, 0.29) is 41.2 Å². The first-order valence-corrected chi connectivity index (χ1v) is 15.5. The van der Waals surface area contributed by atoms with Crippen LogP contribution in [0.1, 0.15) is 112 Å². The number of carbonyl (C=O) groups excluding carboxylic acids is 3. The van der Waals surface area contributed by atoms with E-state index in [0.29, 0.717) is 29.5 Å². The molecular formula is C32H51NO6. The Balaban J connectivity index is 1.40. The Bertz CT molecular complexity index is 964. The monoisotopic (exact) mass is 545 g/mol. The molecule has 0 aromatic carbocycles. The maximum atomic E-state index is 13.3. The lowest BCUT2D eigenvalue weighted by Crippen LogP contribution is -2.54. The highest BCUT2D eigenvalue weighted by Crippen LogP contribution is 2.67. The highest BCUT2D eigenvalue weighted by molar-refractivity contribution is 5.90. The molecule has 0 bridgehead atoms. The maximum absolute atomic E-state index is 13.3. The highest BCUT2D eigenvalue weighted by Gasteiger charge is 2.61. The van der Waals surface area contributed by atoms with Gasteiger partial charge in [0.1, 0.15) is 11.9 Å². The lowest BCUT2D eigenvalue weighted by atomic mass is 9.44. The minimum Gasteiger partial charge on any atom is -0.481 e. The fraction of sp³-hybridized carbons (Fsp3) is 0.875. The largest absolute Gasteiger partial charge is 0.481 e. The lowest BCUT2D eigenvalue weighted by Gasteiger charge is -2.61. The van der Waals surface area contributed by atoms with Crippen molar-refractivity contribution in [1.82, 2.24) is 0 Å². The lowest BCUT2D eigenvalue weighted by molar-refractivity contribution is -0.169. The van der Waals surface area contributed by atoms with E-state index in [2.05, 4.69) is 13.8 Å². The van der Waals surface area contributed by atoms with Crippen LogP contribution in [0.3, 0.4) is 0 Å². The van der Waals surface area contributed by atoms with E-state index in [1.807, 2.05) is 13.8 Å². The van der Waals surface area contributed by atoms with Crippen molar-refractivity contribution in [2.75, 3.05) is 0 Å². The number of hydrogen-bond acceptors (Lipinski definition) is 6. The molecule has 0 amide bonds. The summed E-state index contributed by atoms with van der Waals surface area (Å²) in [5.74, 6) is 0.662. The van der Waals surface area contributed by atoms with Crippen molar-refractivity contribution < 1.29 is 29.0 Å². The third-order valence-corrected chi connectivity index (χ3v) is 12.3. The summed E-state index contributed by atoms with van der Waals surface area (Å²) in [5.41, 5.74) is 6.21. The van der Waals surface area contributed by atoms with E-state index < -0.39 is 30.1 Å². The zero-order chi connectivity index (χ0) is 28.7. The van der Waals surface area contributed by atoms with Gasteiger partial charge in [0, 0.05) is 12.3 Å². The molecule has 1 unspecified atom stereocenters. The Hall–Kier alpha value is -1.76. The number of carbonyl (C=O) groups is 4. The first kappa shape index (κ1) is 30.2. The van der Waals surface area contributed by atoms with Gasteiger partial charge < -0.3 is 15.6 Å². The SMILES string of the molecule is CCC(C)[C@H](CC(=O)[C@@H](N)CC(=O)O)C(=O)O[C@@H]1CC[C@@]2(C)[C@@H](CC[C@@H]3[C@@H]2CC[C@]2(C)[C@@H](C(C)=O)CC[C@@H]32)C1. The van der Waals surface area contributed by atoms with Gasteiger partial charge in [-0.1, -0.05) is 34.1 Å². The van der Waals surface area contributed by atoms with E-state index in [0.717, 1.165) is 44.9 Å². The van der Waals surface area contributed by atoms with Gasteiger partial charge in [-0.3, -0.25) is 19.2 Å². The Labute approximate surface area is 234 Å². The average Bonchev–Trinajstić information content (AvgIpc) is 3.24. The molecule has 4 saturated carbocycles. The summed E-state index contributed by atoms with van der Waals surface area (Å²) in [6.07, 6.45) is 9.82. The number of nitrogens with two attached hydrogens (primary N) is 1. The van der Waals surface area contributed by atoms with Gasteiger partial charge in [-0.2, -0.15) is 0 Å². The number of esters is 1. The van der Waals surface area contributed by atoms with Crippen molar-refractivity contribution in [3.8, 4) is 0 Å². The molecule has 11 atom stereocenters. The second kappa shape index (κ2) is 11.6. The van der Waals surface area contributed by atoms with Crippen molar-refractivity contribution in [2.45, 2.75) is 124 Å². The van der Waals surface area contributed by atoms with Crippen LogP contribution in [0, 0.1) is 52.3 Å². The molecule has 0 aliphatic heterocycles. The molecule has 0 aromatic rings. The second-order valence-corrected chi connectivity index (χ2v) is 14.1. The second-order valence-electron chi connectivity index (χ2n) is 14.1. The predicted octanol–water partition coefficient (Wildman–Crippen LogP) is 5.57. The van der Waals surface area contributed by atoms with Crippen molar-refractivity contribution in [3.63, 3.8) is 0 Å². The van der Waals surface area contributed by atoms with Crippen LogP contribution < -0.4 is 5.73 Å². The molecule has 0 spiro atoms. The molecule has 7 nitrogen and oxygen atoms in total. The number of hydrogen-bond donors (Lipinski definition) is 2. The Kier molecular flexibility index (Phi) is 9.00. The van der Waals surface area contributed by atoms with Crippen LogP contribution >= 0.6 is 0 Å². The first-order valence-electron chi connectivity index (χ1n) is 15.5. The molecule has 4 rings (SSSR count). The third-order valence-electron chi connectivity index (χ3n) is 12.3. The van der Waals surface area contributed by atoms with Crippen LogP contribution in [0.2, 0.25) is 0 Å². The minimum atomic E-state index is -1.12. The highest BCUT2D eigenvalue weighted by atomic mass is 16.5. The number of ether oxygens (including phenoxy) is 1. The van der Waals surface area contributed by atoms with Gasteiger partial charge in [-0.25, -0.2) is 0 Å². The standard InChI is InChI=1S/C32H51NO6/c1-6-18(2)23(16-28(35)27(33)17-29(36)37)30(38)39-21-11-13-31(4)20(15-21)7-8-22-25-10-9-24(19(3)34)32(25,5)14-12-26(22)31/h18,20-27H,6-17,33H2,1-5H3,(H,36,37)/t18?,20-,21+,22-,23-,24+,25-,26-,27-,31-,32+/m0/s1. The van der Waals surface area contributed by atoms with Crippen molar-refractivity contribution in [2.24, 2.45) is 58.0 Å². The Morgan fingerprint density at radius 3 is 2.26 bits per heavy atom. The molecule has 0 saturated heterocycles. The van der Waals surface area contributed by atoms with Crippen LogP contribution in [-0.2, 0) is 23.9 Å². The van der Waals surface area contributed by atoms with Crippen LogP contribution in [0.15, 0.2) is 0 Å². The third kappa shape index (κ3) is 5.71. The number of carboxylic acids is 1. The van der Waals surface area contributed by atoms with Gasteiger partial charge in [-0.15, -0.1) is 0 Å². The van der Waals surface area contributed by atoms with Crippen molar-refractivity contribution >= 4 is 23.5 Å². The summed E-state index contributed by atoms with van der Waals surface area (Å²) < 4.78 is 6.11. The van der Waals surface area contributed by atoms with Gasteiger partial charge in [0.05, 0.1) is 18.4 Å². The summed E-state index contributed by atoms with van der Waals surface area (Å²) >= 11 is 0. The van der Waals surface area contributed by atoms with Gasteiger partial charge in [0.15, 0.2) is 5.78 Å². The summed E-state index contributed by atoms with van der Waals surface area (Å²) in [7, 11) is 0. The number of ketones is 2. The van der Waals surface area contributed by atoms with E-state index >= 15 is 0 Å². The molecule has 0 heterocycles. The average molecular weight is 546 g/mol. The zero-order valence-corrected chi connectivity index (χ0v) is 24.7. The summed E-state index contributed by atoms with van der Waals surface area (Å²) in [5, 5.41) is 8.99. The van der Waals surface area contributed by atoms with Crippen LogP contribution in [0.25, 0.3) is 0 Å². The van der Waals surface area contributed by atoms with Gasteiger partial charge >= 0.3 is 11.9 Å². The summed E-state index contributed by atoms with van der Waals surface area (Å²) in [6.45, 7) is 10.6. The predicted molar refractivity (Wildman–Crippen MR) is 149 cm³/mol. The maximum Gasteiger partial charge on any atom is 0.309 e. The number of carboxylic acid groups (broad SMARTS) is 1. The number of aliphatic carboxylic acids is 1. The van der Waals surface area contributed by atoms with Crippen molar-refractivity contribution in [1.29, 1.82) is 0 Å². The molecule has 3 N–H and O–H groups in total. The molecule has 7 heteroatoms. The van der Waals surface area contributed by atoms with Crippen molar-refractivity contribution in [3.05, 3.63) is 0 Å². The molecule has 0 aromatic heterocycles. The quantitative estimate of drug-likeness (QED) is 0.344. The molecule has 0 radical (unpaired) electrons.